The normalized spacial score (nSPS) is 16.0. The Morgan fingerprint density at radius 3 is 2.00 bits per heavy atom. The Bertz CT molecular complexity index is 86.0. The van der Waals surface area contributed by atoms with Crippen molar-refractivity contribution >= 4 is 0 Å². The fourth-order valence-corrected chi connectivity index (χ4v) is 1.82. The van der Waals surface area contributed by atoms with E-state index in [4.69, 9.17) is 0 Å². The highest BCUT2D eigenvalue weighted by atomic mass is 14.1. The lowest BCUT2D eigenvalue weighted by Crippen LogP contribution is -2.06. The van der Waals surface area contributed by atoms with Crippen molar-refractivity contribution in [2.24, 2.45) is 11.8 Å². The zero-order valence-corrected chi connectivity index (χ0v) is 9.27. The van der Waals surface area contributed by atoms with E-state index < -0.39 is 0 Å². The molecule has 0 aliphatic heterocycles. The Morgan fingerprint density at radius 1 is 1.00 bits per heavy atom. The Balaban J connectivity index is 3.53. The van der Waals surface area contributed by atoms with Gasteiger partial charge in [-0.25, -0.2) is 0 Å². The fourth-order valence-electron chi connectivity index (χ4n) is 1.82. The van der Waals surface area contributed by atoms with Crippen molar-refractivity contribution in [3.63, 3.8) is 0 Å². The van der Waals surface area contributed by atoms with E-state index in [0.717, 1.165) is 11.8 Å². The zero-order valence-electron chi connectivity index (χ0n) is 9.27. The van der Waals surface area contributed by atoms with E-state index in [0.29, 0.717) is 0 Å². The maximum atomic E-state index is 2.56. The second kappa shape index (κ2) is 7.64. The first-order chi connectivity index (χ1) is 5.74. The molecule has 0 heteroatoms. The first-order valence-corrected chi connectivity index (χ1v) is 5.59. The summed E-state index contributed by atoms with van der Waals surface area (Å²) in [5.74, 6) is 1.70. The smallest absolute Gasteiger partial charge is 0.0327 e. The van der Waals surface area contributed by atoms with Gasteiger partial charge >= 0.3 is 0 Å². The third kappa shape index (κ3) is 5.62. The lowest BCUT2D eigenvalue weighted by atomic mass is 9.88. The SMILES string of the molecule is CCCC(C)[CH]C(CC)CCC. The molecule has 0 bridgehead atoms. The molecule has 0 fully saturated rings. The van der Waals surface area contributed by atoms with Crippen LogP contribution < -0.4 is 0 Å². The van der Waals surface area contributed by atoms with Gasteiger partial charge in [0.25, 0.3) is 0 Å². The van der Waals surface area contributed by atoms with Gasteiger partial charge in [0.05, 0.1) is 0 Å². The van der Waals surface area contributed by atoms with Crippen LogP contribution in [0.15, 0.2) is 0 Å². The predicted octanol–water partition coefficient (Wildman–Crippen LogP) is 4.45. The molecule has 73 valence electrons. The molecule has 0 nitrogen and oxygen atoms in total. The highest BCUT2D eigenvalue weighted by Gasteiger charge is 2.09. The van der Waals surface area contributed by atoms with E-state index in [1.54, 1.807) is 0 Å². The molecule has 0 aromatic heterocycles. The molecule has 0 spiro atoms. The van der Waals surface area contributed by atoms with Gasteiger partial charge in [-0.15, -0.1) is 0 Å². The largest absolute Gasteiger partial charge is 0.0654 e. The molecular formula is C12H25. The summed E-state index contributed by atoms with van der Waals surface area (Å²) in [4.78, 5) is 0. The van der Waals surface area contributed by atoms with Crippen molar-refractivity contribution in [1.29, 1.82) is 0 Å². The first kappa shape index (κ1) is 12.0. The van der Waals surface area contributed by atoms with Crippen LogP contribution in [-0.4, -0.2) is 0 Å². The zero-order chi connectivity index (χ0) is 9.40. The Morgan fingerprint density at radius 2 is 1.58 bits per heavy atom. The second-order valence-electron chi connectivity index (χ2n) is 3.92. The van der Waals surface area contributed by atoms with Gasteiger partial charge in [0.1, 0.15) is 0 Å². The maximum absolute atomic E-state index is 2.56. The van der Waals surface area contributed by atoms with Gasteiger partial charge in [0.15, 0.2) is 0 Å². The summed E-state index contributed by atoms with van der Waals surface area (Å²) < 4.78 is 0. The topological polar surface area (TPSA) is 0 Å². The Labute approximate surface area is 78.8 Å². The van der Waals surface area contributed by atoms with Crippen LogP contribution in [0.5, 0.6) is 0 Å². The average Bonchev–Trinajstić information content (AvgIpc) is 2.04. The maximum Gasteiger partial charge on any atom is -0.0327 e. The lowest BCUT2D eigenvalue weighted by molar-refractivity contribution is 0.447. The van der Waals surface area contributed by atoms with Crippen LogP contribution in [0.2, 0.25) is 0 Å². The van der Waals surface area contributed by atoms with Crippen LogP contribution in [0, 0.1) is 18.3 Å². The minimum atomic E-state index is 0.825. The molecule has 12 heavy (non-hydrogen) atoms. The lowest BCUT2D eigenvalue weighted by Gasteiger charge is -2.17. The van der Waals surface area contributed by atoms with Gasteiger partial charge in [-0.1, -0.05) is 59.8 Å². The molecule has 1 radical (unpaired) electrons. The van der Waals surface area contributed by atoms with Crippen molar-refractivity contribution in [3.05, 3.63) is 6.42 Å². The van der Waals surface area contributed by atoms with E-state index in [1.807, 2.05) is 0 Å². The van der Waals surface area contributed by atoms with Crippen LogP contribution in [0.4, 0.5) is 0 Å². The van der Waals surface area contributed by atoms with E-state index >= 15 is 0 Å². The van der Waals surface area contributed by atoms with Crippen LogP contribution in [0.3, 0.4) is 0 Å². The van der Waals surface area contributed by atoms with Gasteiger partial charge in [0.2, 0.25) is 0 Å². The summed E-state index contributed by atoms with van der Waals surface area (Å²) >= 11 is 0. The number of rotatable bonds is 7. The minimum Gasteiger partial charge on any atom is -0.0654 e. The standard InChI is InChI=1S/C12H25/c1-5-8-11(4)10-12(7-3)9-6-2/h10-12H,5-9H2,1-4H3. The van der Waals surface area contributed by atoms with Gasteiger partial charge < -0.3 is 0 Å². The summed E-state index contributed by atoms with van der Waals surface area (Å²) in [6, 6.07) is 0. The van der Waals surface area contributed by atoms with E-state index in [9.17, 15) is 0 Å². The average molecular weight is 169 g/mol. The molecule has 0 heterocycles. The molecule has 0 rings (SSSR count). The quantitative estimate of drug-likeness (QED) is 0.528. The molecule has 0 saturated carbocycles. The van der Waals surface area contributed by atoms with E-state index in [1.165, 1.54) is 32.1 Å². The third-order valence-electron chi connectivity index (χ3n) is 2.53. The molecule has 0 N–H and O–H groups in total. The van der Waals surface area contributed by atoms with Gasteiger partial charge in [-0.2, -0.15) is 0 Å². The molecule has 0 aromatic rings. The van der Waals surface area contributed by atoms with E-state index in [-0.39, 0.29) is 0 Å². The van der Waals surface area contributed by atoms with Crippen molar-refractivity contribution in [2.45, 2.75) is 59.8 Å². The number of hydrogen-bond acceptors (Lipinski definition) is 0. The second-order valence-corrected chi connectivity index (χ2v) is 3.92. The molecule has 0 saturated heterocycles. The third-order valence-corrected chi connectivity index (χ3v) is 2.53. The van der Waals surface area contributed by atoms with Crippen molar-refractivity contribution < 1.29 is 0 Å². The fraction of sp³-hybridized carbons (Fsp3) is 0.917. The summed E-state index contributed by atoms with van der Waals surface area (Å²) in [6.07, 6.45) is 9.27. The predicted molar refractivity (Wildman–Crippen MR) is 57.1 cm³/mol. The molecule has 2 unspecified atom stereocenters. The Kier molecular flexibility index (Phi) is 7.64. The summed E-state index contributed by atoms with van der Waals surface area (Å²) in [6.45, 7) is 9.20. The molecular weight excluding hydrogens is 144 g/mol. The summed E-state index contributed by atoms with van der Waals surface area (Å²) in [5.41, 5.74) is 0. The highest BCUT2D eigenvalue weighted by Crippen LogP contribution is 2.21. The monoisotopic (exact) mass is 169 g/mol. The van der Waals surface area contributed by atoms with Crippen LogP contribution >= 0.6 is 0 Å². The van der Waals surface area contributed by atoms with Crippen LogP contribution in [-0.2, 0) is 0 Å². The molecule has 0 aromatic carbocycles. The van der Waals surface area contributed by atoms with Gasteiger partial charge in [-0.3, -0.25) is 0 Å². The minimum absolute atomic E-state index is 0.825. The first-order valence-electron chi connectivity index (χ1n) is 5.59. The summed E-state index contributed by atoms with van der Waals surface area (Å²) in [7, 11) is 0. The van der Waals surface area contributed by atoms with Gasteiger partial charge in [0, 0.05) is 0 Å². The molecule has 2 atom stereocenters. The van der Waals surface area contributed by atoms with Crippen LogP contribution in [0.25, 0.3) is 0 Å². The van der Waals surface area contributed by atoms with Crippen molar-refractivity contribution in [3.8, 4) is 0 Å². The van der Waals surface area contributed by atoms with Crippen LogP contribution in [0.1, 0.15) is 59.8 Å². The van der Waals surface area contributed by atoms with Crippen molar-refractivity contribution in [2.75, 3.05) is 0 Å². The van der Waals surface area contributed by atoms with Gasteiger partial charge in [-0.05, 0) is 18.3 Å². The summed E-state index contributed by atoms with van der Waals surface area (Å²) in [5, 5.41) is 0. The highest BCUT2D eigenvalue weighted by molar-refractivity contribution is 4.80. The van der Waals surface area contributed by atoms with E-state index in [2.05, 4.69) is 34.1 Å². The molecule has 0 aliphatic rings. The molecule has 0 aliphatic carbocycles. The molecule has 0 amide bonds. The number of hydrogen-bond donors (Lipinski definition) is 0. The Hall–Kier alpha value is 0. The van der Waals surface area contributed by atoms with Crippen molar-refractivity contribution in [1.82, 2.24) is 0 Å².